The van der Waals surface area contributed by atoms with Gasteiger partial charge in [-0.25, -0.2) is 14.4 Å². The monoisotopic (exact) mass is 506 g/mol. The number of hydrogen-bond donors (Lipinski definition) is 1. The predicted molar refractivity (Wildman–Crippen MR) is 128 cm³/mol. The van der Waals surface area contributed by atoms with Gasteiger partial charge >= 0.3 is 6.18 Å². The van der Waals surface area contributed by atoms with Crippen molar-refractivity contribution in [2.45, 2.75) is 45.3 Å². The zero-order valence-electron chi connectivity index (χ0n) is 19.4. The van der Waals surface area contributed by atoms with Gasteiger partial charge < -0.3 is 10.2 Å². The van der Waals surface area contributed by atoms with Gasteiger partial charge in [0.2, 0.25) is 0 Å². The molecule has 1 aliphatic rings. The van der Waals surface area contributed by atoms with E-state index in [-0.39, 0.29) is 23.7 Å². The highest BCUT2D eigenvalue weighted by Gasteiger charge is 2.36. The van der Waals surface area contributed by atoms with Gasteiger partial charge in [0, 0.05) is 19.3 Å². The summed E-state index contributed by atoms with van der Waals surface area (Å²) in [6.07, 6.45) is -0.977. The Bertz CT molecular complexity index is 1160. The molecule has 4 rings (SSSR count). The molecule has 3 heterocycles. The van der Waals surface area contributed by atoms with Crippen molar-refractivity contribution < 1.29 is 22.4 Å². The third kappa shape index (κ3) is 5.63. The molecule has 2 aromatic heterocycles. The fraction of sp³-hybridized carbons (Fsp3) is 0.400. The minimum absolute atomic E-state index is 0.173. The summed E-state index contributed by atoms with van der Waals surface area (Å²) >= 11 is 1.39. The summed E-state index contributed by atoms with van der Waals surface area (Å²) in [5.74, 6) is -0.00215. The lowest BCUT2D eigenvalue weighted by atomic mass is 9.86. The molecule has 0 unspecified atom stereocenters. The highest BCUT2D eigenvalue weighted by atomic mass is 32.1. The summed E-state index contributed by atoms with van der Waals surface area (Å²) in [5.41, 5.74) is 0.262. The second-order valence-corrected chi connectivity index (χ2v) is 9.81. The molecule has 1 saturated heterocycles. The van der Waals surface area contributed by atoms with Crippen molar-refractivity contribution >= 4 is 23.1 Å². The molecule has 0 aliphatic carbocycles. The van der Waals surface area contributed by atoms with E-state index < -0.39 is 11.7 Å². The lowest BCUT2D eigenvalue weighted by Gasteiger charge is -2.41. The zero-order valence-corrected chi connectivity index (χ0v) is 20.2. The van der Waals surface area contributed by atoms with E-state index in [0.29, 0.717) is 29.5 Å². The number of carbonyl (C=O) groups excluding carboxylic acids is 1. The molecule has 0 spiro atoms. The van der Waals surface area contributed by atoms with Crippen molar-refractivity contribution in [3.63, 3.8) is 0 Å². The van der Waals surface area contributed by atoms with Crippen LogP contribution in [-0.4, -0.2) is 39.9 Å². The van der Waals surface area contributed by atoms with Gasteiger partial charge in [0.05, 0.1) is 21.5 Å². The minimum Gasteiger partial charge on any atom is -0.368 e. The molecule has 5 nitrogen and oxygen atoms in total. The van der Waals surface area contributed by atoms with Crippen LogP contribution in [-0.2, 0) is 6.18 Å². The maximum atomic E-state index is 13.7. The summed E-state index contributed by atoms with van der Waals surface area (Å²) in [6.45, 7) is 4.81. The van der Waals surface area contributed by atoms with Gasteiger partial charge in [-0.3, -0.25) is 4.79 Å². The van der Waals surface area contributed by atoms with Gasteiger partial charge in [0.1, 0.15) is 17.3 Å². The summed E-state index contributed by atoms with van der Waals surface area (Å²) in [4.78, 5) is 24.7. The number of piperidine rings is 1. The molecule has 0 saturated carbocycles. The van der Waals surface area contributed by atoms with Gasteiger partial charge in [-0.05, 0) is 55.5 Å². The molecule has 10 heteroatoms. The number of aromatic nitrogens is 2. The topological polar surface area (TPSA) is 58.1 Å². The fourth-order valence-corrected chi connectivity index (χ4v) is 5.44. The standard InChI is InChI=1S/C25H26F4N4OS/c1-3-16-5-4-12-33(20(16)14-31-21-11-8-18(13-30-21)25(27,28)29)24(34)22-23(35-15(2)32-22)17-6-9-19(26)10-7-17/h6-11,13,16,20H,3-5,12,14H2,1-2H3,(H,30,31)/t16-,20-/m1/s1. The minimum atomic E-state index is -4.45. The quantitative estimate of drug-likeness (QED) is 0.392. The number of anilines is 1. The van der Waals surface area contributed by atoms with Crippen LogP contribution in [0.1, 0.15) is 47.2 Å². The predicted octanol–water partition coefficient (Wildman–Crippen LogP) is 6.41. The van der Waals surface area contributed by atoms with E-state index in [0.717, 1.165) is 42.1 Å². The number of hydrogen-bond acceptors (Lipinski definition) is 5. The first-order valence-corrected chi connectivity index (χ1v) is 12.3. The van der Waals surface area contributed by atoms with Gasteiger partial charge in [-0.1, -0.05) is 25.5 Å². The van der Waals surface area contributed by atoms with Crippen molar-refractivity contribution in [3.05, 3.63) is 64.7 Å². The van der Waals surface area contributed by atoms with Gasteiger partial charge in [-0.2, -0.15) is 13.2 Å². The van der Waals surface area contributed by atoms with Crippen LogP contribution in [0.4, 0.5) is 23.4 Å². The Hall–Kier alpha value is -3.01. The lowest BCUT2D eigenvalue weighted by molar-refractivity contribution is -0.137. The number of aryl methyl sites for hydroxylation is 1. The number of rotatable bonds is 6. The second-order valence-electron chi connectivity index (χ2n) is 8.60. The summed E-state index contributed by atoms with van der Waals surface area (Å²) in [6, 6.07) is 8.11. The normalized spacial score (nSPS) is 18.5. The molecular formula is C25H26F4N4OS. The van der Waals surface area contributed by atoms with Crippen LogP contribution in [0.15, 0.2) is 42.6 Å². The number of nitrogens with zero attached hydrogens (tertiary/aromatic N) is 3. The number of likely N-dealkylation sites (tertiary alicyclic amines) is 1. The van der Waals surface area contributed by atoms with E-state index in [1.54, 1.807) is 12.1 Å². The van der Waals surface area contributed by atoms with E-state index in [1.165, 1.54) is 29.5 Å². The second kappa shape index (κ2) is 10.3. The van der Waals surface area contributed by atoms with Gasteiger partial charge in [-0.15, -0.1) is 11.3 Å². The SMILES string of the molecule is CC[C@@H]1CCCN(C(=O)c2nc(C)sc2-c2ccc(F)cc2)[C@@H]1CNc1ccc(C(F)(F)F)cn1. The lowest BCUT2D eigenvalue weighted by Crippen LogP contribution is -2.51. The molecule has 0 radical (unpaired) electrons. The molecule has 1 aromatic carbocycles. The van der Waals surface area contributed by atoms with Crippen molar-refractivity contribution in [1.29, 1.82) is 0 Å². The van der Waals surface area contributed by atoms with Crippen molar-refractivity contribution in [2.24, 2.45) is 5.92 Å². The molecule has 1 aliphatic heterocycles. The number of benzene rings is 1. The van der Waals surface area contributed by atoms with E-state index >= 15 is 0 Å². The van der Waals surface area contributed by atoms with Crippen LogP contribution < -0.4 is 5.32 Å². The Morgan fingerprint density at radius 2 is 1.94 bits per heavy atom. The van der Waals surface area contributed by atoms with Gasteiger partial charge in [0.15, 0.2) is 0 Å². The number of halogens is 4. The summed E-state index contributed by atoms with van der Waals surface area (Å²) in [7, 11) is 0. The Kier molecular flexibility index (Phi) is 7.39. The van der Waals surface area contributed by atoms with E-state index in [9.17, 15) is 22.4 Å². The van der Waals surface area contributed by atoms with Crippen LogP contribution in [0.3, 0.4) is 0 Å². The van der Waals surface area contributed by atoms with E-state index in [2.05, 4.69) is 22.2 Å². The molecule has 0 bridgehead atoms. The molecular weight excluding hydrogens is 480 g/mol. The Balaban J connectivity index is 1.57. The van der Waals surface area contributed by atoms with Gasteiger partial charge in [0.25, 0.3) is 5.91 Å². The van der Waals surface area contributed by atoms with Crippen LogP contribution >= 0.6 is 11.3 Å². The fourth-order valence-electron chi connectivity index (χ4n) is 4.52. The molecule has 1 amide bonds. The molecule has 35 heavy (non-hydrogen) atoms. The highest BCUT2D eigenvalue weighted by Crippen LogP contribution is 2.34. The molecule has 1 N–H and O–H groups in total. The number of pyridine rings is 1. The number of alkyl halides is 3. The molecule has 1 fully saturated rings. The third-order valence-electron chi connectivity index (χ3n) is 6.33. The average Bonchev–Trinajstić information content (AvgIpc) is 3.23. The van der Waals surface area contributed by atoms with Crippen molar-refractivity contribution in [3.8, 4) is 10.4 Å². The van der Waals surface area contributed by atoms with Crippen LogP contribution in [0.2, 0.25) is 0 Å². The maximum Gasteiger partial charge on any atom is 0.417 e. The van der Waals surface area contributed by atoms with Crippen molar-refractivity contribution in [2.75, 3.05) is 18.4 Å². The molecule has 3 aromatic rings. The van der Waals surface area contributed by atoms with E-state index in [1.807, 2.05) is 11.8 Å². The first-order valence-electron chi connectivity index (χ1n) is 11.5. The first-order chi connectivity index (χ1) is 16.7. The molecule has 186 valence electrons. The van der Waals surface area contributed by atoms with Crippen LogP contribution in [0.25, 0.3) is 10.4 Å². The average molecular weight is 507 g/mol. The first kappa shape index (κ1) is 25.1. The Labute approximate surface area is 205 Å². The summed E-state index contributed by atoms with van der Waals surface area (Å²) in [5, 5.41) is 3.86. The third-order valence-corrected chi connectivity index (χ3v) is 7.35. The number of amides is 1. The number of nitrogens with one attached hydrogen (secondary N) is 1. The van der Waals surface area contributed by atoms with Crippen molar-refractivity contribution in [1.82, 2.24) is 14.9 Å². The van der Waals surface area contributed by atoms with Crippen LogP contribution in [0.5, 0.6) is 0 Å². The van der Waals surface area contributed by atoms with Crippen LogP contribution in [0, 0.1) is 18.7 Å². The Morgan fingerprint density at radius 3 is 2.57 bits per heavy atom. The zero-order chi connectivity index (χ0) is 25.2. The smallest absolute Gasteiger partial charge is 0.368 e. The number of carbonyl (C=O) groups is 1. The Morgan fingerprint density at radius 1 is 1.20 bits per heavy atom. The number of thiazole rings is 1. The van der Waals surface area contributed by atoms with E-state index in [4.69, 9.17) is 0 Å². The largest absolute Gasteiger partial charge is 0.417 e. The highest BCUT2D eigenvalue weighted by molar-refractivity contribution is 7.15. The maximum absolute atomic E-state index is 13.7. The molecule has 2 atom stereocenters. The summed E-state index contributed by atoms with van der Waals surface area (Å²) < 4.78 is 52.0.